The fourth-order valence-electron chi connectivity index (χ4n) is 5.61. The van der Waals surface area contributed by atoms with Gasteiger partial charge in [-0.15, -0.1) is 0 Å². The van der Waals surface area contributed by atoms with E-state index in [9.17, 15) is 9.90 Å². The lowest BCUT2D eigenvalue weighted by atomic mass is 9.86. The van der Waals surface area contributed by atoms with Crippen LogP contribution in [-0.4, -0.2) is 11.3 Å². The topological polar surface area (TPSA) is 55.8 Å². The number of aryl methyl sites for hydroxylation is 1. The summed E-state index contributed by atoms with van der Waals surface area (Å²) < 4.78 is 11.6. The van der Waals surface area contributed by atoms with Crippen LogP contribution in [0, 0.1) is 6.92 Å². The first kappa shape index (κ1) is 18.3. The number of carbonyl (C=O) groups is 1. The van der Waals surface area contributed by atoms with E-state index in [4.69, 9.17) is 9.47 Å². The third-order valence-corrected chi connectivity index (χ3v) is 6.92. The van der Waals surface area contributed by atoms with Crippen LogP contribution >= 0.6 is 0 Å². The largest absolute Gasteiger partial charge is 0.519 e. The van der Waals surface area contributed by atoms with Crippen LogP contribution in [-0.2, 0) is 0 Å². The minimum Gasteiger partial charge on any atom is -0.507 e. The van der Waals surface area contributed by atoms with Gasteiger partial charge < -0.3 is 14.6 Å². The Morgan fingerprint density at radius 1 is 0.871 bits per heavy atom. The minimum atomic E-state index is -0.753. The number of ether oxygens (including phenoxy) is 2. The van der Waals surface area contributed by atoms with Gasteiger partial charge in [-0.05, 0) is 55.0 Å². The van der Waals surface area contributed by atoms with Crippen molar-refractivity contribution in [3.8, 4) is 17.2 Å². The van der Waals surface area contributed by atoms with E-state index >= 15 is 0 Å². The number of phenolic OH excluding ortho intramolecular Hbond substituents is 1. The van der Waals surface area contributed by atoms with Crippen molar-refractivity contribution in [1.82, 2.24) is 0 Å². The average Bonchev–Trinajstić information content (AvgIpc) is 3.39. The van der Waals surface area contributed by atoms with Crippen LogP contribution in [0.15, 0.2) is 60.7 Å². The number of benzene rings is 4. The molecular weight excluding hydrogens is 388 g/mol. The van der Waals surface area contributed by atoms with Crippen molar-refractivity contribution in [2.24, 2.45) is 0 Å². The van der Waals surface area contributed by atoms with Crippen LogP contribution in [0.5, 0.6) is 17.2 Å². The molecule has 1 fully saturated rings. The monoisotopic (exact) mass is 410 g/mol. The van der Waals surface area contributed by atoms with Crippen molar-refractivity contribution in [3.05, 3.63) is 77.4 Å². The van der Waals surface area contributed by atoms with Gasteiger partial charge in [-0.3, -0.25) is 0 Å². The van der Waals surface area contributed by atoms with E-state index in [1.807, 2.05) is 61.5 Å². The molecule has 2 bridgehead atoms. The molecule has 4 heteroatoms. The van der Waals surface area contributed by atoms with Gasteiger partial charge in [0.15, 0.2) is 0 Å². The molecule has 31 heavy (non-hydrogen) atoms. The first-order chi connectivity index (χ1) is 15.1. The molecular formula is C27H22O4. The van der Waals surface area contributed by atoms with Crippen LogP contribution in [0.25, 0.3) is 21.5 Å². The Hall–Kier alpha value is -3.53. The summed E-state index contributed by atoms with van der Waals surface area (Å²) in [6.45, 7) is 1.98. The van der Waals surface area contributed by atoms with E-state index in [1.54, 1.807) is 6.07 Å². The molecule has 2 unspecified atom stereocenters. The fourth-order valence-corrected chi connectivity index (χ4v) is 5.61. The molecule has 0 saturated heterocycles. The molecule has 0 aliphatic heterocycles. The lowest BCUT2D eigenvalue weighted by molar-refractivity contribution is 0.152. The van der Waals surface area contributed by atoms with Gasteiger partial charge in [-0.25, -0.2) is 4.79 Å². The second kappa shape index (κ2) is 6.74. The highest BCUT2D eigenvalue weighted by molar-refractivity contribution is 6.00. The number of fused-ring (bicyclic) bond motifs is 7. The number of hydrogen-bond donors (Lipinski definition) is 1. The van der Waals surface area contributed by atoms with E-state index in [0.29, 0.717) is 29.1 Å². The molecule has 1 saturated carbocycles. The standard InChI is InChI=1S/C27H22O4/c1-15-6-4-10-20-22(15)26(24-18-13-12-17(14-18)23(24)25(20)28)31-27(29)30-21-11-5-8-16-7-2-3-9-19(16)21/h2-11,17-18,28H,12-14H2,1H3. The third-order valence-electron chi connectivity index (χ3n) is 6.92. The summed E-state index contributed by atoms with van der Waals surface area (Å²) in [5.41, 5.74) is 2.92. The summed E-state index contributed by atoms with van der Waals surface area (Å²) in [5, 5.41) is 14.4. The van der Waals surface area contributed by atoms with E-state index in [0.717, 1.165) is 57.5 Å². The van der Waals surface area contributed by atoms with Crippen LogP contribution in [0.1, 0.15) is 47.8 Å². The van der Waals surface area contributed by atoms with Crippen LogP contribution in [0.4, 0.5) is 4.79 Å². The maximum Gasteiger partial charge on any atom is 0.519 e. The van der Waals surface area contributed by atoms with E-state index in [1.165, 1.54) is 0 Å². The molecule has 0 amide bonds. The van der Waals surface area contributed by atoms with Crippen molar-refractivity contribution < 1.29 is 19.4 Å². The molecule has 0 spiro atoms. The average molecular weight is 410 g/mol. The van der Waals surface area contributed by atoms with Crippen molar-refractivity contribution in [1.29, 1.82) is 0 Å². The molecule has 2 aliphatic rings. The zero-order chi connectivity index (χ0) is 21.1. The Labute approximate surface area is 180 Å². The van der Waals surface area contributed by atoms with Crippen molar-refractivity contribution in [2.75, 3.05) is 0 Å². The van der Waals surface area contributed by atoms with Crippen LogP contribution < -0.4 is 9.47 Å². The smallest absolute Gasteiger partial charge is 0.507 e. The predicted octanol–water partition coefficient (Wildman–Crippen LogP) is 6.95. The molecule has 1 N–H and O–H groups in total. The van der Waals surface area contributed by atoms with Gasteiger partial charge in [0, 0.05) is 27.3 Å². The Bertz CT molecular complexity index is 1370. The number of aromatic hydroxyl groups is 1. The van der Waals surface area contributed by atoms with Crippen molar-refractivity contribution in [2.45, 2.75) is 38.0 Å². The molecule has 6 rings (SSSR count). The SMILES string of the molecule is Cc1cccc2c(O)c3c(c(OC(=O)Oc4cccc5ccccc45)c12)C1CCC3C1. The molecule has 0 radical (unpaired) electrons. The quantitative estimate of drug-likeness (QED) is 0.287. The van der Waals surface area contributed by atoms with Gasteiger partial charge in [0.05, 0.1) is 0 Å². The summed E-state index contributed by atoms with van der Waals surface area (Å²) in [6.07, 6.45) is 2.38. The van der Waals surface area contributed by atoms with Gasteiger partial charge in [0.25, 0.3) is 0 Å². The fraction of sp³-hybridized carbons (Fsp3) is 0.222. The maximum absolute atomic E-state index is 13.0. The molecule has 0 aromatic heterocycles. The second-order valence-corrected chi connectivity index (χ2v) is 8.64. The highest BCUT2D eigenvalue weighted by Crippen LogP contribution is 2.61. The van der Waals surface area contributed by atoms with Crippen LogP contribution in [0.3, 0.4) is 0 Å². The maximum atomic E-state index is 13.0. The van der Waals surface area contributed by atoms with Crippen molar-refractivity contribution >= 4 is 27.7 Å². The summed E-state index contributed by atoms with van der Waals surface area (Å²) >= 11 is 0. The van der Waals surface area contributed by atoms with Gasteiger partial charge in [-0.2, -0.15) is 0 Å². The number of carbonyl (C=O) groups excluding carboxylic acids is 1. The van der Waals surface area contributed by atoms with Crippen molar-refractivity contribution in [3.63, 3.8) is 0 Å². The molecule has 2 atom stereocenters. The molecule has 154 valence electrons. The highest BCUT2D eigenvalue weighted by atomic mass is 16.7. The van der Waals surface area contributed by atoms with Gasteiger partial charge in [-0.1, -0.05) is 54.6 Å². The molecule has 2 aliphatic carbocycles. The lowest BCUT2D eigenvalue weighted by Crippen LogP contribution is -2.16. The first-order valence-corrected chi connectivity index (χ1v) is 10.8. The Morgan fingerprint density at radius 2 is 1.58 bits per heavy atom. The highest BCUT2D eigenvalue weighted by Gasteiger charge is 2.43. The molecule has 4 aromatic rings. The summed E-state index contributed by atoms with van der Waals surface area (Å²) in [4.78, 5) is 13.0. The van der Waals surface area contributed by atoms with Gasteiger partial charge in [0.2, 0.25) is 0 Å². The second-order valence-electron chi connectivity index (χ2n) is 8.64. The van der Waals surface area contributed by atoms with E-state index in [2.05, 4.69) is 0 Å². The summed E-state index contributed by atoms with van der Waals surface area (Å²) in [6, 6.07) is 19.2. The summed E-state index contributed by atoms with van der Waals surface area (Å²) in [7, 11) is 0. The summed E-state index contributed by atoms with van der Waals surface area (Å²) in [5.74, 6) is 2.02. The zero-order valence-electron chi connectivity index (χ0n) is 17.2. The predicted molar refractivity (Wildman–Crippen MR) is 120 cm³/mol. The zero-order valence-corrected chi connectivity index (χ0v) is 17.2. The number of hydrogen-bond acceptors (Lipinski definition) is 4. The van der Waals surface area contributed by atoms with Gasteiger partial charge in [0.1, 0.15) is 17.2 Å². The normalized spacial score (nSPS) is 19.0. The number of phenols is 1. The Morgan fingerprint density at radius 3 is 2.45 bits per heavy atom. The first-order valence-electron chi connectivity index (χ1n) is 10.8. The molecule has 0 heterocycles. The third kappa shape index (κ3) is 2.71. The van der Waals surface area contributed by atoms with E-state index in [-0.39, 0.29) is 0 Å². The molecule has 4 aromatic carbocycles. The van der Waals surface area contributed by atoms with Gasteiger partial charge >= 0.3 is 6.16 Å². The molecule has 4 nitrogen and oxygen atoms in total. The van der Waals surface area contributed by atoms with E-state index < -0.39 is 6.16 Å². The lowest BCUT2D eigenvalue weighted by Gasteiger charge is -2.23. The Kier molecular flexibility index (Phi) is 3.97. The van der Waals surface area contributed by atoms with Crippen LogP contribution in [0.2, 0.25) is 0 Å². The minimum absolute atomic E-state index is 0.315. The number of rotatable bonds is 2. The Balaban J connectivity index is 1.46.